The first-order chi connectivity index (χ1) is 16.0. The van der Waals surface area contributed by atoms with Gasteiger partial charge in [-0.05, 0) is 48.1 Å². The van der Waals surface area contributed by atoms with E-state index in [0.717, 1.165) is 11.3 Å². The minimum Gasteiger partial charge on any atom is -0.486 e. The summed E-state index contributed by atoms with van der Waals surface area (Å²) in [5, 5.41) is 8.15. The topological polar surface area (TPSA) is 61.1 Å². The van der Waals surface area contributed by atoms with Crippen LogP contribution >= 0.6 is 35.4 Å². The molecule has 3 aromatic carbocycles. The first-order valence-electron chi connectivity index (χ1n) is 10.1. The van der Waals surface area contributed by atoms with Crippen LogP contribution in [-0.4, -0.2) is 20.3 Å². The Kier molecular flexibility index (Phi) is 7.44. The van der Waals surface area contributed by atoms with E-state index >= 15 is 0 Å². The van der Waals surface area contributed by atoms with Crippen molar-refractivity contribution in [3.8, 4) is 5.75 Å². The number of carbonyl (C=O) groups excluding carboxylic acids is 1. The summed E-state index contributed by atoms with van der Waals surface area (Å²) >= 11 is 17.6. The van der Waals surface area contributed by atoms with Crippen molar-refractivity contribution in [1.29, 1.82) is 0 Å². The number of ether oxygens (including phenoxy) is 1. The van der Waals surface area contributed by atoms with Crippen LogP contribution < -0.4 is 10.1 Å². The summed E-state index contributed by atoms with van der Waals surface area (Å²) in [6.07, 6.45) is 0. The number of hydrogen-bond donors (Lipinski definition) is 1. The van der Waals surface area contributed by atoms with E-state index in [-0.39, 0.29) is 19.1 Å². The monoisotopic (exact) mass is 498 g/mol. The zero-order valence-corrected chi connectivity index (χ0v) is 19.8. The van der Waals surface area contributed by atoms with Gasteiger partial charge in [0.25, 0.3) is 0 Å². The van der Waals surface area contributed by atoms with Crippen LogP contribution in [0.4, 0.5) is 5.69 Å². The Morgan fingerprint density at radius 2 is 1.67 bits per heavy atom. The van der Waals surface area contributed by atoms with Crippen molar-refractivity contribution >= 4 is 47.0 Å². The molecule has 1 amide bonds. The van der Waals surface area contributed by atoms with E-state index in [2.05, 4.69) is 10.4 Å². The number of carbonyl (C=O) groups is 1. The molecule has 0 spiro atoms. The van der Waals surface area contributed by atoms with Crippen LogP contribution in [0.2, 0.25) is 10.0 Å². The highest BCUT2D eigenvalue weighted by Crippen LogP contribution is 2.25. The van der Waals surface area contributed by atoms with Crippen molar-refractivity contribution in [1.82, 2.24) is 14.3 Å². The summed E-state index contributed by atoms with van der Waals surface area (Å²) in [7, 11) is 0. The third-order valence-electron chi connectivity index (χ3n) is 4.79. The Hall–Kier alpha value is -3.13. The smallest absolute Gasteiger partial charge is 0.246 e. The number of aromatic nitrogens is 3. The van der Waals surface area contributed by atoms with Gasteiger partial charge in [0.05, 0.1) is 16.6 Å². The van der Waals surface area contributed by atoms with Gasteiger partial charge in [0.15, 0.2) is 10.6 Å². The van der Waals surface area contributed by atoms with Gasteiger partial charge < -0.3 is 10.1 Å². The van der Waals surface area contributed by atoms with Crippen LogP contribution in [-0.2, 0) is 24.5 Å². The number of rotatable bonds is 8. The largest absolute Gasteiger partial charge is 0.486 e. The predicted molar refractivity (Wildman–Crippen MR) is 132 cm³/mol. The van der Waals surface area contributed by atoms with Gasteiger partial charge in [-0.3, -0.25) is 9.36 Å². The number of hydrogen-bond acceptors (Lipinski definition) is 4. The Bertz CT molecular complexity index is 1310. The van der Waals surface area contributed by atoms with E-state index in [0.29, 0.717) is 32.9 Å². The number of halogens is 2. The highest BCUT2D eigenvalue weighted by Gasteiger charge is 2.15. The van der Waals surface area contributed by atoms with E-state index in [9.17, 15) is 4.79 Å². The molecule has 1 heterocycles. The summed E-state index contributed by atoms with van der Waals surface area (Å²) < 4.78 is 9.69. The summed E-state index contributed by atoms with van der Waals surface area (Å²) in [5.74, 6) is 1.06. The lowest BCUT2D eigenvalue weighted by Gasteiger charge is -2.08. The Morgan fingerprint density at radius 3 is 2.36 bits per heavy atom. The number of anilines is 1. The van der Waals surface area contributed by atoms with Gasteiger partial charge in [-0.25, -0.2) is 4.68 Å². The number of amides is 1. The van der Waals surface area contributed by atoms with E-state index in [1.165, 1.54) is 4.68 Å². The zero-order chi connectivity index (χ0) is 23.2. The van der Waals surface area contributed by atoms with E-state index < -0.39 is 0 Å². The second-order valence-electron chi connectivity index (χ2n) is 7.21. The molecule has 6 nitrogen and oxygen atoms in total. The molecule has 0 saturated carbocycles. The third-order valence-corrected chi connectivity index (χ3v) is 5.96. The molecule has 0 unspecified atom stereocenters. The predicted octanol–water partition coefficient (Wildman–Crippen LogP) is 5.99. The Balaban J connectivity index is 1.55. The Morgan fingerprint density at radius 1 is 0.970 bits per heavy atom. The maximum atomic E-state index is 12.7. The molecule has 0 aliphatic carbocycles. The first-order valence-corrected chi connectivity index (χ1v) is 11.3. The summed E-state index contributed by atoms with van der Waals surface area (Å²) in [6, 6.07) is 24.3. The molecule has 0 fully saturated rings. The zero-order valence-electron chi connectivity index (χ0n) is 17.4. The van der Waals surface area contributed by atoms with Crippen molar-refractivity contribution in [2.75, 3.05) is 5.32 Å². The molecule has 168 valence electrons. The fourth-order valence-electron chi connectivity index (χ4n) is 3.20. The molecule has 1 aromatic heterocycles. The standard InChI is InChI=1S/C24H20Cl2N4O2S/c25-20-12-11-18(13-21(20)26)27-23(31)15-30-24(33)29(14-17-7-3-1-4-8-17)22(28-30)16-32-19-9-5-2-6-10-19/h1-13H,14-16H2,(H,27,31). The summed E-state index contributed by atoms with van der Waals surface area (Å²) in [6.45, 7) is 0.669. The highest BCUT2D eigenvalue weighted by atomic mass is 35.5. The maximum absolute atomic E-state index is 12.7. The molecule has 0 bridgehead atoms. The van der Waals surface area contributed by atoms with E-state index in [1.54, 1.807) is 18.2 Å². The third kappa shape index (κ3) is 6.01. The van der Waals surface area contributed by atoms with Crippen LogP contribution in [0.25, 0.3) is 0 Å². The molecule has 4 aromatic rings. The molecule has 0 saturated heterocycles. The lowest BCUT2D eigenvalue weighted by Crippen LogP contribution is -2.20. The van der Waals surface area contributed by atoms with Gasteiger partial charge in [0.1, 0.15) is 18.9 Å². The van der Waals surface area contributed by atoms with Crippen LogP contribution in [0.1, 0.15) is 11.4 Å². The SMILES string of the molecule is O=C(Cn1nc(COc2ccccc2)n(Cc2ccccc2)c1=S)Nc1ccc(Cl)c(Cl)c1. The number of nitrogens with zero attached hydrogens (tertiary/aromatic N) is 3. The lowest BCUT2D eigenvalue weighted by molar-refractivity contribution is -0.116. The minimum atomic E-state index is -0.288. The lowest BCUT2D eigenvalue weighted by atomic mass is 10.2. The van der Waals surface area contributed by atoms with Gasteiger partial charge in [0.2, 0.25) is 5.91 Å². The molecule has 1 N–H and O–H groups in total. The van der Waals surface area contributed by atoms with E-state index in [4.69, 9.17) is 40.2 Å². The molecule has 0 aliphatic rings. The second-order valence-corrected chi connectivity index (χ2v) is 8.39. The molecule has 33 heavy (non-hydrogen) atoms. The molecule has 4 rings (SSSR count). The van der Waals surface area contributed by atoms with Gasteiger partial charge >= 0.3 is 0 Å². The van der Waals surface area contributed by atoms with Crippen molar-refractivity contribution < 1.29 is 9.53 Å². The maximum Gasteiger partial charge on any atom is 0.246 e. The minimum absolute atomic E-state index is 0.0563. The average molecular weight is 499 g/mol. The molecular formula is C24H20Cl2N4O2S. The summed E-state index contributed by atoms with van der Waals surface area (Å²) in [5.41, 5.74) is 1.60. The van der Waals surface area contributed by atoms with Crippen molar-refractivity contribution in [2.45, 2.75) is 19.7 Å². The average Bonchev–Trinajstić information content (AvgIpc) is 3.10. The van der Waals surface area contributed by atoms with Crippen molar-refractivity contribution in [3.05, 3.63) is 105 Å². The van der Waals surface area contributed by atoms with Gasteiger partial charge in [-0.15, -0.1) is 0 Å². The fraction of sp³-hybridized carbons (Fsp3) is 0.125. The van der Waals surface area contributed by atoms with Crippen LogP contribution in [0, 0.1) is 4.77 Å². The van der Waals surface area contributed by atoms with Gasteiger partial charge in [-0.2, -0.15) is 5.10 Å². The molecule has 9 heteroatoms. The van der Waals surface area contributed by atoms with Crippen molar-refractivity contribution in [3.63, 3.8) is 0 Å². The van der Waals surface area contributed by atoms with Crippen LogP contribution in [0.15, 0.2) is 78.9 Å². The molecule has 0 radical (unpaired) electrons. The first kappa shape index (κ1) is 23.0. The number of para-hydroxylation sites is 1. The van der Waals surface area contributed by atoms with E-state index in [1.807, 2.05) is 65.2 Å². The van der Waals surface area contributed by atoms with Crippen LogP contribution in [0.3, 0.4) is 0 Å². The molecular weight excluding hydrogens is 479 g/mol. The molecule has 0 aliphatic heterocycles. The van der Waals surface area contributed by atoms with Crippen LogP contribution in [0.5, 0.6) is 5.75 Å². The summed E-state index contributed by atoms with van der Waals surface area (Å²) in [4.78, 5) is 12.7. The van der Waals surface area contributed by atoms with Crippen molar-refractivity contribution in [2.24, 2.45) is 0 Å². The fourth-order valence-corrected chi connectivity index (χ4v) is 3.77. The quantitative estimate of drug-likeness (QED) is 0.303. The Labute approximate surface area is 206 Å². The normalized spacial score (nSPS) is 10.7. The number of benzene rings is 3. The number of nitrogens with one attached hydrogen (secondary N) is 1. The highest BCUT2D eigenvalue weighted by molar-refractivity contribution is 7.71. The molecule has 0 atom stereocenters. The second kappa shape index (κ2) is 10.7. The van der Waals surface area contributed by atoms with Gasteiger partial charge in [0, 0.05) is 5.69 Å². The van der Waals surface area contributed by atoms with Gasteiger partial charge in [-0.1, -0.05) is 71.7 Å².